The first-order valence-electron chi connectivity index (χ1n) is 6.17. The molecule has 0 aromatic carbocycles. The van der Waals surface area contributed by atoms with Crippen LogP contribution in [-0.4, -0.2) is 17.7 Å². The second kappa shape index (κ2) is 4.19. The summed E-state index contributed by atoms with van der Waals surface area (Å²) in [6, 6.07) is 0.344. The van der Waals surface area contributed by atoms with Crippen molar-refractivity contribution in [2.75, 3.05) is 0 Å². The third-order valence-corrected chi connectivity index (χ3v) is 3.94. The average Bonchev–Trinajstić information content (AvgIpc) is 2.78. The van der Waals surface area contributed by atoms with E-state index >= 15 is 0 Å². The summed E-state index contributed by atoms with van der Waals surface area (Å²) in [6.07, 6.45) is 10.5. The van der Waals surface area contributed by atoms with Gasteiger partial charge in [-0.15, -0.1) is 0 Å². The summed E-state index contributed by atoms with van der Waals surface area (Å²) >= 11 is 0. The topological polar surface area (TPSA) is 35.2 Å². The fourth-order valence-corrected chi connectivity index (χ4v) is 2.95. The molecule has 1 heterocycles. The Bertz CT molecular complexity index is 187. The number of hydrogen-bond donors (Lipinski definition) is 1. The average molecular weight is 197 g/mol. The third kappa shape index (κ3) is 2.12. The molecule has 1 spiro atoms. The van der Waals surface area contributed by atoms with Gasteiger partial charge in [0.2, 0.25) is 0 Å². The van der Waals surface area contributed by atoms with Crippen LogP contribution >= 0.6 is 0 Å². The van der Waals surface area contributed by atoms with Crippen LogP contribution in [-0.2, 0) is 4.74 Å². The largest absolute Gasteiger partial charge is 0.372 e. The Hall–Kier alpha value is -0.0800. The van der Waals surface area contributed by atoms with Crippen molar-refractivity contribution in [1.29, 1.82) is 0 Å². The van der Waals surface area contributed by atoms with E-state index in [0.29, 0.717) is 12.1 Å². The Morgan fingerprint density at radius 2 is 2.07 bits per heavy atom. The molecule has 2 unspecified atom stereocenters. The highest BCUT2D eigenvalue weighted by molar-refractivity contribution is 4.93. The molecule has 2 rings (SSSR count). The van der Waals surface area contributed by atoms with Gasteiger partial charge in [0.05, 0.1) is 11.7 Å². The normalized spacial score (nSPS) is 32.6. The molecule has 2 heteroatoms. The molecule has 1 aliphatic heterocycles. The molecule has 2 N–H and O–H groups in total. The molecule has 2 fully saturated rings. The highest BCUT2D eigenvalue weighted by Crippen LogP contribution is 2.44. The second-order valence-corrected chi connectivity index (χ2v) is 5.07. The van der Waals surface area contributed by atoms with E-state index in [-0.39, 0.29) is 5.60 Å². The predicted octanol–water partition coefficient (Wildman–Crippen LogP) is 2.61. The number of ether oxygens (including phenoxy) is 1. The zero-order chi connectivity index (χ0) is 10.0. The molecular formula is C12H23NO. The lowest BCUT2D eigenvalue weighted by atomic mass is 9.97. The van der Waals surface area contributed by atoms with Crippen molar-refractivity contribution in [3.63, 3.8) is 0 Å². The first kappa shape index (κ1) is 10.4. The number of nitrogens with two attached hydrogens (primary N) is 1. The lowest BCUT2D eigenvalue weighted by molar-refractivity contribution is -0.0409. The molecule has 2 nitrogen and oxygen atoms in total. The van der Waals surface area contributed by atoms with Crippen molar-refractivity contribution >= 4 is 0 Å². The van der Waals surface area contributed by atoms with Crippen molar-refractivity contribution in [3.8, 4) is 0 Å². The van der Waals surface area contributed by atoms with Crippen LogP contribution in [0.15, 0.2) is 0 Å². The fourth-order valence-electron chi connectivity index (χ4n) is 2.95. The molecule has 0 bridgehead atoms. The molecule has 0 radical (unpaired) electrons. The molecule has 1 saturated carbocycles. The molecule has 0 aromatic heterocycles. The molecule has 1 saturated heterocycles. The van der Waals surface area contributed by atoms with Crippen LogP contribution in [0.1, 0.15) is 58.3 Å². The van der Waals surface area contributed by atoms with Gasteiger partial charge in [-0.3, -0.25) is 0 Å². The minimum atomic E-state index is 0.290. The van der Waals surface area contributed by atoms with Crippen molar-refractivity contribution in [2.24, 2.45) is 5.73 Å². The van der Waals surface area contributed by atoms with Gasteiger partial charge < -0.3 is 10.5 Å². The van der Waals surface area contributed by atoms with Crippen molar-refractivity contribution < 1.29 is 4.74 Å². The van der Waals surface area contributed by atoms with Crippen LogP contribution in [0, 0.1) is 0 Å². The Morgan fingerprint density at radius 3 is 2.71 bits per heavy atom. The van der Waals surface area contributed by atoms with Gasteiger partial charge in [-0.1, -0.05) is 19.8 Å². The van der Waals surface area contributed by atoms with Gasteiger partial charge in [0, 0.05) is 6.04 Å². The van der Waals surface area contributed by atoms with Gasteiger partial charge in [-0.05, 0) is 38.5 Å². The molecule has 1 aliphatic carbocycles. The zero-order valence-electron chi connectivity index (χ0n) is 9.30. The van der Waals surface area contributed by atoms with E-state index in [1.165, 1.54) is 38.5 Å². The summed E-state index contributed by atoms with van der Waals surface area (Å²) in [5, 5.41) is 0. The monoisotopic (exact) mass is 197 g/mol. The summed E-state index contributed by atoms with van der Waals surface area (Å²) < 4.78 is 6.20. The lowest BCUT2D eigenvalue weighted by Crippen LogP contribution is -2.29. The van der Waals surface area contributed by atoms with Gasteiger partial charge in [-0.25, -0.2) is 0 Å². The Balaban J connectivity index is 1.82. The number of hydrogen-bond acceptors (Lipinski definition) is 2. The fraction of sp³-hybridized carbons (Fsp3) is 1.00. The van der Waals surface area contributed by atoms with Crippen molar-refractivity contribution in [1.82, 2.24) is 0 Å². The summed E-state index contributed by atoms with van der Waals surface area (Å²) in [5.41, 5.74) is 6.25. The maximum Gasteiger partial charge on any atom is 0.0687 e. The minimum absolute atomic E-state index is 0.290. The Kier molecular flexibility index (Phi) is 3.13. The van der Waals surface area contributed by atoms with Crippen LogP contribution in [0.3, 0.4) is 0 Å². The standard InChI is InChI=1S/C12H23NO/c1-2-10(13)9-11-5-8-12(14-11)6-3-4-7-12/h10-11H,2-9,13H2,1H3. The summed E-state index contributed by atoms with van der Waals surface area (Å²) in [6.45, 7) is 2.16. The van der Waals surface area contributed by atoms with E-state index in [9.17, 15) is 0 Å². The van der Waals surface area contributed by atoms with Crippen molar-refractivity contribution in [3.05, 3.63) is 0 Å². The zero-order valence-corrected chi connectivity index (χ0v) is 9.30. The van der Waals surface area contributed by atoms with E-state index < -0.39 is 0 Å². The molecule has 82 valence electrons. The van der Waals surface area contributed by atoms with E-state index in [2.05, 4.69) is 6.92 Å². The number of rotatable bonds is 3. The molecule has 2 aliphatic rings. The van der Waals surface area contributed by atoms with E-state index in [1.54, 1.807) is 0 Å². The smallest absolute Gasteiger partial charge is 0.0687 e. The first-order chi connectivity index (χ1) is 6.74. The van der Waals surface area contributed by atoms with Crippen LogP contribution < -0.4 is 5.73 Å². The van der Waals surface area contributed by atoms with Gasteiger partial charge >= 0.3 is 0 Å². The van der Waals surface area contributed by atoms with Gasteiger partial charge in [0.1, 0.15) is 0 Å². The van der Waals surface area contributed by atoms with Crippen LogP contribution in [0.2, 0.25) is 0 Å². The SMILES string of the molecule is CCC(N)CC1CCC2(CCCC2)O1. The third-order valence-electron chi connectivity index (χ3n) is 3.94. The van der Waals surface area contributed by atoms with E-state index in [1.807, 2.05) is 0 Å². The summed E-state index contributed by atoms with van der Waals surface area (Å²) in [4.78, 5) is 0. The van der Waals surface area contributed by atoms with E-state index in [0.717, 1.165) is 12.8 Å². The molecule has 0 amide bonds. The first-order valence-corrected chi connectivity index (χ1v) is 6.17. The quantitative estimate of drug-likeness (QED) is 0.754. The molecule has 2 atom stereocenters. The predicted molar refractivity (Wildman–Crippen MR) is 58.2 cm³/mol. The van der Waals surface area contributed by atoms with Crippen LogP contribution in [0.4, 0.5) is 0 Å². The Labute approximate surface area is 87.2 Å². The molecular weight excluding hydrogens is 174 g/mol. The highest BCUT2D eigenvalue weighted by Gasteiger charge is 2.42. The van der Waals surface area contributed by atoms with Gasteiger partial charge in [0.25, 0.3) is 0 Å². The summed E-state index contributed by atoms with van der Waals surface area (Å²) in [7, 11) is 0. The maximum absolute atomic E-state index is 6.20. The Morgan fingerprint density at radius 1 is 1.36 bits per heavy atom. The maximum atomic E-state index is 6.20. The van der Waals surface area contributed by atoms with E-state index in [4.69, 9.17) is 10.5 Å². The minimum Gasteiger partial charge on any atom is -0.372 e. The molecule has 14 heavy (non-hydrogen) atoms. The highest BCUT2D eigenvalue weighted by atomic mass is 16.5. The lowest BCUT2D eigenvalue weighted by Gasteiger charge is -2.24. The van der Waals surface area contributed by atoms with Crippen molar-refractivity contribution in [2.45, 2.75) is 76.0 Å². The van der Waals surface area contributed by atoms with Crippen LogP contribution in [0.25, 0.3) is 0 Å². The second-order valence-electron chi connectivity index (χ2n) is 5.07. The van der Waals surface area contributed by atoms with Crippen LogP contribution in [0.5, 0.6) is 0 Å². The molecule has 0 aromatic rings. The van der Waals surface area contributed by atoms with Gasteiger partial charge in [0.15, 0.2) is 0 Å². The summed E-state index contributed by atoms with van der Waals surface area (Å²) in [5.74, 6) is 0. The van der Waals surface area contributed by atoms with Gasteiger partial charge in [-0.2, -0.15) is 0 Å².